The van der Waals surface area contributed by atoms with Crippen molar-refractivity contribution >= 4 is 80.6 Å². The van der Waals surface area contributed by atoms with Crippen molar-refractivity contribution in [3.63, 3.8) is 0 Å². The van der Waals surface area contributed by atoms with Crippen molar-refractivity contribution in [3.05, 3.63) is 81.2 Å². The third kappa shape index (κ3) is 8.18. The van der Waals surface area contributed by atoms with Gasteiger partial charge in [0.1, 0.15) is 23.3 Å². The van der Waals surface area contributed by atoms with Crippen LogP contribution < -0.4 is 10.6 Å². The number of ketones is 2. The van der Waals surface area contributed by atoms with Crippen LogP contribution >= 0.6 is 34.2 Å². The Morgan fingerprint density at radius 2 is 1.17 bits per heavy atom. The third-order valence-corrected chi connectivity index (χ3v) is 7.79. The highest BCUT2D eigenvalue weighted by Crippen LogP contribution is 2.31. The summed E-state index contributed by atoms with van der Waals surface area (Å²) in [5, 5.41) is 47.8. The van der Waals surface area contributed by atoms with E-state index in [9.17, 15) is 29.7 Å². The van der Waals surface area contributed by atoms with E-state index in [0.29, 0.717) is 3.57 Å². The van der Waals surface area contributed by atoms with Gasteiger partial charge in [0.15, 0.2) is 23.2 Å². The highest BCUT2D eigenvalue weighted by molar-refractivity contribution is 14.1. The molecule has 0 radical (unpaired) electrons. The maximum absolute atomic E-state index is 13.2. The molecule has 0 aliphatic heterocycles. The second kappa shape index (κ2) is 16.3. The fraction of sp³-hybridized carbons (Fsp3) is 0.133. The van der Waals surface area contributed by atoms with Gasteiger partial charge in [-0.25, -0.2) is 19.9 Å². The summed E-state index contributed by atoms with van der Waals surface area (Å²) in [7, 11) is 0. The molecule has 0 fully saturated rings. The summed E-state index contributed by atoms with van der Waals surface area (Å²) in [6, 6.07) is 6.37. The number of hydrogen-bond donors (Lipinski definition) is 2. The Balaban J connectivity index is 1.33. The van der Waals surface area contributed by atoms with E-state index < -0.39 is 35.5 Å². The Hall–Kier alpha value is -6.72. The Kier molecular flexibility index (Phi) is 11.5. The van der Waals surface area contributed by atoms with E-state index in [1.807, 2.05) is 34.7 Å². The zero-order valence-electron chi connectivity index (χ0n) is 26.6. The number of benzene rings is 1. The van der Waals surface area contributed by atoms with Gasteiger partial charge in [0.05, 0.1) is 28.8 Å². The lowest BCUT2D eigenvalue weighted by Gasteiger charge is -2.15. The molecule has 2 unspecified atom stereocenters. The standard InChI is InChI=1S/C30H20ClIN16O4/c1-15(49)23(43-45-25-17(11-33)13-39-47(25)29-35-5-3-6-36-29)27(51)41-21-10-20(32)22(9-19(21)31)42-28(52)24(16(2)50)44-46-26-18(12-34)14-40-48(26)30-37-7-4-8-38-30/h3-10,13-14,23-24H,1-2H3,(H,41,51)(H,42,52). The summed E-state index contributed by atoms with van der Waals surface area (Å²) >= 11 is 8.31. The molecule has 20 nitrogen and oxygen atoms in total. The fourth-order valence-corrected chi connectivity index (χ4v) is 4.94. The highest BCUT2D eigenvalue weighted by Gasteiger charge is 2.27. The molecule has 5 aromatic rings. The summed E-state index contributed by atoms with van der Waals surface area (Å²) in [5.41, 5.74) is 0.188. The first-order valence-electron chi connectivity index (χ1n) is 14.5. The predicted octanol–water partition coefficient (Wildman–Crippen LogP) is 4.00. The average molecular weight is 831 g/mol. The van der Waals surface area contributed by atoms with E-state index in [1.54, 1.807) is 12.1 Å². The first-order chi connectivity index (χ1) is 25.0. The lowest BCUT2D eigenvalue weighted by Crippen LogP contribution is -2.32. The van der Waals surface area contributed by atoms with Gasteiger partial charge in [-0.05, 0) is 60.7 Å². The van der Waals surface area contributed by atoms with Gasteiger partial charge in [-0.2, -0.15) is 40.3 Å². The van der Waals surface area contributed by atoms with Gasteiger partial charge in [-0.3, -0.25) is 19.2 Å². The number of carbonyl (C=O) groups is 4. The number of anilines is 2. The van der Waals surface area contributed by atoms with E-state index in [4.69, 9.17) is 11.6 Å². The van der Waals surface area contributed by atoms with Crippen molar-refractivity contribution in [1.29, 1.82) is 10.5 Å². The number of nitrogens with zero attached hydrogens (tertiary/aromatic N) is 14. The maximum Gasteiger partial charge on any atom is 0.258 e. The molecule has 0 aliphatic rings. The predicted molar refractivity (Wildman–Crippen MR) is 187 cm³/mol. The van der Waals surface area contributed by atoms with Crippen LogP contribution in [-0.4, -0.2) is 75.0 Å². The molecule has 0 saturated carbocycles. The summed E-state index contributed by atoms with van der Waals surface area (Å²) in [6.07, 6.45) is 8.21. The monoisotopic (exact) mass is 830 g/mol. The summed E-state index contributed by atoms with van der Waals surface area (Å²) in [6.45, 7) is 2.26. The van der Waals surface area contributed by atoms with Crippen LogP contribution in [0.5, 0.6) is 0 Å². The molecule has 22 heteroatoms. The Labute approximate surface area is 310 Å². The van der Waals surface area contributed by atoms with Gasteiger partial charge in [0, 0.05) is 28.4 Å². The molecule has 2 amide bonds. The largest absolute Gasteiger partial charge is 0.323 e. The number of amides is 2. The Morgan fingerprint density at radius 3 is 1.58 bits per heavy atom. The molecule has 258 valence electrons. The van der Waals surface area contributed by atoms with Crippen LogP contribution in [0, 0.1) is 26.2 Å². The zero-order chi connectivity index (χ0) is 37.4. The van der Waals surface area contributed by atoms with Crippen LogP contribution in [-0.2, 0) is 19.2 Å². The molecule has 2 N–H and O–H groups in total. The molecule has 4 heterocycles. The smallest absolute Gasteiger partial charge is 0.258 e. The summed E-state index contributed by atoms with van der Waals surface area (Å²) < 4.78 is 2.62. The quantitative estimate of drug-likeness (QED) is 0.103. The van der Waals surface area contributed by atoms with E-state index in [0.717, 1.165) is 23.2 Å². The van der Waals surface area contributed by atoms with E-state index in [1.165, 1.54) is 49.3 Å². The molecule has 52 heavy (non-hydrogen) atoms. The molecule has 0 saturated heterocycles. The van der Waals surface area contributed by atoms with Crippen LogP contribution in [0.15, 0.2) is 81.9 Å². The van der Waals surface area contributed by atoms with Crippen molar-refractivity contribution in [2.75, 3.05) is 10.6 Å². The van der Waals surface area contributed by atoms with Crippen LogP contribution in [0.1, 0.15) is 25.0 Å². The maximum atomic E-state index is 13.2. The van der Waals surface area contributed by atoms with Crippen LogP contribution in [0.4, 0.5) is 23.0 Å². The number of azo groups is 2. The number of nitrogens with one attached hydrogen (secondary N) is 2. The van der Waals surface area contributed by atoms with Gasteiger partial charge in [-0.15, -0.1) is 10.2 Å². The van der Waals surface area contributed by atoms with Crippen molar-refractivity contribution in [2.24, 2.45) is 20.5 Å². The van der Waals surface area contributed by atoms with Crippen molar-refractivity contribution in [3.8, 4) is 24.0 Å². The highest BCUT2D eigenvalue weighted by atomic mass is 127. The first kappa shape index (κ1) is 36.6. The van der Waals surface area contributed by atoms with Gasteiger partial charge in [0.25, 0.3) is 23.7 Å². The number of nitriles is 2. The number of aromatic nitrogens is 8. The molecular formula is C30H20ClIN16O4. The lowest BCUT2D eigenvalue weighted by molar-refractivity contribution is -0.127. The molecule has 0 spiro atoms. The fourth-order valence-electron chi connectivity index (χ4n) is 4.13. The second-order valence-electron chi connectivity index (χ2n) is 10.2. The second-order valence-corrected chi connectivity index (χ2v) is 11.7. The topological polar surface area (TPSA) is 277 Å². The number of Topliss-reactive ketones (excluding diaryl/α,β-unsaturated/α-hetero) is 2. The van der Waals surface area contributed by atoms with E-state index in [-0.39, 0.29) is 51.1 Å². The van der Waals surface area contributed by atoms with Gasteiger partial charge >= 0.3 is 0 Å². The molecule has 1 aromatic carbocycles. The van der Waals surface area contributed by atoms with E-state index in [2.05, 4.69) is 61.2 Å². The summed E-state index contributed by atoms with van der Waals surface area (Å²) in [4.78, 5) is 67.6. The normalized spacial score (nSPS) is 12.2. The Bertz CT molecular complexity index is 2170. The van der Waals surface area contributed by atoms with Gasteiger partial charge in [-0.1, -0.05) is 11.6 Å². The minimum Gasteiger partial charge on any atom is -0.323 e. The number of hydrogen-bond acceptors (Lipinski definition) is 16. The van der Waals surface area contributed by atoms with Crippen LogP contribution in [0.25, 0.3) is 11.9 Å². The zero-order valence-corrected chi connectivity index (χ0v) is 29.5. The van der Waals surface area contributed by atoms with Crippen LogP contribution in [0.3, 0.4) is 0 Å². The molecule has 0 bridgehead atoms. The molecular weight excluding hydrogens is 811 g/mol. The Morgan fingerprint density at radius 1 is 0.750 bits per heavy atom. The minimum absolute atomic E-state index is 0.00770. The third-order valence-electron chi connectivity index (χ3n) is 6.59. The average Bonchev–Trinajstić information content (AvgIpc) is 3.74. The number of halogens is 2. The summed E-state index contributed by atoms with van der Waals surface area (Å²) in [5.74, 6) is -3.18. The SMILES string of the molecule is CC(=O)C(N=Nc1c(C#N)cnn1-c1ncccn1)C(=O)Nc1cc(I)c(NC(=O)C(N=Nc2c(C#N)cnn2-c2ncccn2)C(C)=O)cc1Cl. The van der Waals surface area contributed by atoms with Crippen LogP contribution in [0.2, 0.25) is 5.02 Å². The number of rotatable bonds is 12. The lowest BCUT2D eigenvalue weighted by atomic mass is 10.2. The van der Waals surface area contributed by atoms with Crippen molar-refractivity contribution in [2.45, 2.75) is 25.9 Å². The molecule has 2 atom stereocenters. The molecule has 5 rings (SSSR count). The minimum atomic E-state index is -1.66. The van der Waals surface area contributed by atoms with Crippen molar-refractivity contribution in [1.82, 2.24) is 39.5 Å². The van der Waals surface area contributed by atoms with E-state index >= 15 is 0 Å². The molecule has 0 aliphatic carbocycles. The van der Waals surface area contributed by atoms with Crippen molar-refractivity contribution < 1.29 is 19.2 Å². The molecule has 4 aromatic heterocycles. The van der Waals surface area contributed by atoms with Gasteiger partial charge < -0.3 is 10.6 Å². The first-order valence-corrected chi connectivity index (χ1v) is 15.9. The van der Waals surface area contributed by atoms with Gasteiger partial charge in [0.2, 0.25) is 12.1 Å². The number of carbonyl (C=O) groups excluding carboxylic acids is 4.